The Bertz CT molecular complexity index is 1240. The fourth-order valence-electron chi connectivity index (χ4n) is 4.29. The maximum absolute atomic E-state index is 13.7. The number of rotatable bonds is 11. The smallest absolute Gasteiger partial charge is 0.406 e. The fraction of sp³-hybridized carbons (Fsp3) is 0.370. The number of methoxy groups -OCH3 is 1. The maximum Gasteiger partial charge on any atom is 0.406 e. The number of halogens is 4. The highest BCUT2D eigenvalue weighted by Gasteiger charge is 2.44. The minimum Gasteiger partial charge on any atom is -0.493 e. The second-order valence-electron chi connectivity index (χ2n) is 8.97. The van der Waals surface area contributed by atoms with Gasteiger partial charge in [0.15, 0.2) is 11.5 Å². The first kappa shape index (κ1) is 31.4. The lowest BCUT2D eigenvalue weighted by Gasteiger charge is -2.41. The molecule has 2 aromatic carbocycles. The molecule has 216 valence electrons. The first-order valence-corrected chi connectivity index (χ1v) is 13.2. The van der Waals surface area contributed by atoms with E-state index >= 15 is 0 Å². The Kier molecular flexibility index (Phi) is 10.9. The van der Waals surface area contributed by atoms with Crippen LogP contribution in [-0.4, -0.2) is 84.4 Å². The van der Waals surface area contributed by atoms with Gasteiger partial charge in [-0.15, -0.1) is 0 Å². The Morgan fingerprint density at radius 1 is 1.23 bits per heavy atom. The van der Waals surface area contributed by atoms with Crippen molar-refractivity contribution < 1.29 is 47.2 Å². The number of benzene rings is 2. The van der Waals surface area contributed by atoms with Crippen LogP contribution in [-0.2, 0) is 16.0 Å². The number of ether oxygens (including phenoxy) is 2. The molecule has 0 aliphatic heterocycles. The molecular weight excluding hydrogens is 648 g/mol. The molecule has 3 atom stereocenters. The number of nitrogens with one attached hydrogen (secondary N) is 1. The third-order valence-electron chi connectivity index (χ3n) is 6.12. The van der Waals surface area contributed by atoms with Crippen LogP contribution in [0.2, 0.25) is 0 Å². The summed E-state index contributed by atoms with van der Waals surface area (Å²) in [6.45, 7) is -2.15. The van der Waals surface area contributed by atoms with Crippen LogP contribution < -0.4 is 14.8 Å². The molecule has 3 rings (SSSR count). The zero-order valence-corrected chi connectivity index (χ0v) is 23.5. The number of aldehydes is 1. The number of alkyl halides is 3. The molecular formula is C27H28F3IN2O7. The minimum absolute atomic E-state index is 0.0353. The number of aliphatic hydroxyl groups is 2. The number of hydrogen-bond acceptors (Lipinski definition) is 7. The van der Waals surface area contributed by atoms with E-state index in [-0.39, 0.29) is 42.2 Å². The molecule has 0 bridgehead atoms. The number of nitrogens with zero attached hydrogens (tertiary/aromatic N) is 1. The Balaban J connectivity index is 2.03. The van der Waals surface area contributed by atoms with Crippen LogP contribution in [0.1, 0.15) is 22.3 Å². The van der Waals surface area contributed by atoms with Gasteiger partial charge in [0, 0.05) is 24.1 Å². The lowest BCUT2D eigenvalue weighted by Crippen LogP contribution is -2.57. The van der Waals surface area contributed by atoms with Gasteiger partial charge >= 0.3 is 6.18 Å². The number of carbonyl (C=O) groups excluding carboxylic acids is 3. The van der Waals surface area contributed by atoms with Gasteiger partial charge in [0.2, 0.25) is 11.8 Å². The van der Waals surface area contributed by atoms with E-state index in [0.29, 0.717) is 20.3 Å². The number of carbonyl (C=O) groups is 3. The van der Waals surface area contributed by atoms with Gasteiger partial charge in [-0.2, -0.15) is 13.2 Å². The molecule has 3 unspecified atom stereocenters. The quantitative estimate of drug-likeness (QED) is 0.247. The van der Waals surface area contributed by atoms with Crippen LogP contribution in [0.4, 0.5) is 13.2 Å². The molecule has 3 N–H and O–H groups in total. The highest BCUT2D eigenvalue weighted by molar-refractivity contribution is 14.1. The van der Waals surface area contributed by atoms with Gasteiger partial charge in [-0.05, 0) is 46.4 Å². The van der Waals surface area contributed by atoms with Crippen LogP contribution in [0.15, 0.2) is 54.1 Å². The molecule has 2 aromatic rings. The molecule has 0 radical (unpaired) electrons. The van der Waals surface area contributed by atoms with Crippen molar-refractivity contribution in [1.82, 2.24) is 10.2 Å². The average molecular weight is 676 g/mol. The molecule has 1 aliphatic carbocycles. The van der Waals surface area contributed by atoms with Crippen molar-refractivity contribution >= 4 is 40.7 Å². The summed E-state index contributed by atoms with van der Waals surface area (Å²) in [6.07, 6.45) is -6.75. The van der Waals surface area contributed by atoms with Crippen molar-refractivity contribution in [2.75, 3.05) is 26.8 Å². The van der Waals surface area contributed by atoms with E-state index < -0.39 is 49.2 Å². The van der Waals surface area contributed by atoms with Crippen LogP contribution in [0.5, 0.6) is 11.5 Å². The van der Waals surface area contributed by atoms with Gasteiger partial charge in [-0.25, -0.2) is 0 Å². The van der Waals surface area contributed by atoms with Gasteiger partial charge < -0.3 is 29.9 Å². The standard InChI is InChI=1S/C27H28F3IN2O7/c1-39-22-10-17(14-35)9-19(31)25(22)40-21-13-18(26(38)32-7-8-34)12-20(24(21)37)33(15-27(28,29)30)23(36)11-16-5-3-2-4-6-16/h2-6,9-10,13-14,20-21,24,34,37H,7-8,11-12,15H2,1H3,(H,32,38). The molecule has 0 heterocycles. The van der Waals surface area contributed by atoms with Crippen molar-refractivity contribution in [3.63, 3.8) is 0 Å². The lowest BCUT2D eigenvalue weighted by molar-refractivity contribution is -0.172. The van der Waals surface area contributed by atoms with E-state index in [4.69, 9.17) is 14.6 Å². The van der Waals surface area contributed by atoms with Crippen molar-refractivity contribution in [2.45, 2.75) is 37.3 Å². The summed E-state index contributed by atoms with van der Waals surface area (Å²) in [4.78, 5) is 37.9. The first-order chi connectivity index (χ1) is 19.0. The molecule has 0 fully saturated rings. The topological polar surface area (TPSA) is 125 Å². The lowest BCUT2D eigenvalue weighted by atomic mass is 9.87. The Morgan fingerprint density at radius 2 is 1.93 bits per heavy atom. The number of amides is 2. The summed E-state index contributed by atoms with van der Waals surface area (Å²) in [5.74, 6) is -1.39. The predicted octanol–water partition coefficient (Wildman–Crippen LogP) is 2.66. The van der Waals surface area contributed by atoms with E-state index in [1.165, 1.54) is 25.3 Å². The zero-order chi connectivity index (χ0) is 29.4. The van der Waals surface area contributed by atoms with Gasteiger partial charge in [-0.3, -0.25) is 14.4 Å². The molecule has 0 aromatic heterocycles. The summed E-state index contributed by atoms with van der Waals surface area (Å²) >= 11 is 1.87. The Morgan fingerprint density at radius 3 is 2.52 bits per heavy atom. The third-order valence-corrected chi connectivity index (χ3v) is 6.93. The van der Waals surface area contributed by atoms with Crippen LogP contribution >= 0.6 is 22.6 Å². The molecule has 0 saturated heterocycles. The minimum atomic E-state index is -4.80. The van der Waals surface area contributed by atoms with Crippen molar-refractivity contribution in [3.8, 4) is 11.5 Å². The second kappa shape index (κ2) is 13.9. The highest BCUT2D eigenvalue weighted by Crippen LogP contribution is 2.37. The normalized spacial score (nSPS) is 18.9. The molecule has 1 aliphatic rings. The summed E-state index contributed by atoms with van der Waals surface area (Å²) in [6, 6.07) is 9.56. The second-order valence-corrected chi connectivity index (χ2v) is 10.1. The van der Waals surface area contributed by atoms with Gasteiger partial charge in [0.1, 0.15) is 25.0 Å². The van der Waals surface area contributed by atoms with Gasteiger partial charge in [0.25, 0.3) is 0 Å². The molecule has 13 heteroatoms. The largest absolute Gasteiger partial charge is 0.493 e. The molecule has 0 spiro atoms. The highest BCUT2D eigenvalue weighted by atomic mass is 127. The van der Waals surface area contributed by atoms with Crippen LogP contribution in [0.25, 0.3) is 0 Å². The Labute approximate surface area is 242 Å². The number of aliphatic hydroxyl groups excluding tert-OH is 2. The predicted molar refractivity (Wildman–Crippen MR) is 146 cm³/mol. The van der Waals surface area contributed by atoms with Crippen LogP contribution in [0.3, 0.4) is 0 Å². The van der Waals surface area contributed by atoms with Gasteiger partial charge in [0.05, 0.1) is 29.7 Å². The molecule has 2 amide bonds. The van der Waals surface area contributed by atoms with Crippen LogP contribution in [0, 0.1) is 3.57 Å². The molecule has 9 nitrogen and oxygen atoms in total. The summed E-state index contributed by atoms with van der Waals surface area (Å²) in [7, 11) is 1.32. The maximum atomic E-state index is 13.7. The van der Waals surface area contributed by atoms with E-state index in [0.717, 1.165) is 0 Å². The summed E-state index contributed by atoms with van der Waals surface area (Å²) in [5, 5.41) is 22.8. The van der Waals surface area contributed by atoms with Crippen molar-refractivity contribution in [3.05, 3.63) is 68.8 Å². The summed E-state index contributed by atoms with van der Waals surface area (Å²) < 4.78 is 52.8. The monoisotopic (exact) mass is 676 g/mol. The van der Waals surface area contributed by atoms with Crippen molar-refractivity contribution in [2.24, 2.45) is 0 Å². The SMILES string of the molecule is COc1cc(C=O)cc(I)c1OC1C=C(C(=O)NCCO)CC(N(CC(F)(F)F)C(=O)Cc2ccccc2)C1O. The van der Waals surface area contributed by atoms with E-state index in [1.807, 2.05) is 22.6 Å². The Hall–Kier alpha value is -3.17. The summed E-state index contributed by atoms with van der Waals surface area (Å²) in [5.41, 5.74) is 0.717. The molecule has 0 saturated carbocycles. The first-order valence-electron chi connectivity index (χ1n) is 12.1. The fourth-order valence-corrected chi connectivity index (χ4v) is 5.05. The molecule has 40 heavy (non-hydrogen) atoms. The van der Waals surface area contributed by atoms with E-state index in [1.54, 1.807) is 30.3 Å². The average Bonchev–Trinajstić information content (AvgIpc) is 2.92. The van der Waals surface area contributed by atoms with Gasteiger partial charge in [-0.1, -0.05) is 30.3 Å². The van der Waals surface area contributed by atoms with Crippen molar-refractivity contribution in [1.29, 1.82) is 0 Å². The van der Waals surface area contributed by atoms with E-state index in [9.17, 15) is 32.7 Å². The van der Waals surface area contributed by atoms with E-state index in [2.05, 4.69) is 5.32 Å². The third kappa shape index (κ3) is 8.17. The zero-order valence-electron chi connectivity index (χ0n) is 21.4. The number of hydrogen-bond donors (Lipinski definition) is 3.